The molecule has 0 amide bonds. The topological polar surface area (TPSA) is 61.3 Å². The van der Waals surface area contributed by atoms with E-state index in [1.807, 2.05) is 13.8 Å². The molecule has 3 nitrogen and oxygen atoms in total. The molecule has 1 saturated carbocycles. The Bertz CT molecular complexity index is 456. The number of halogens is 1. The standard InChI is InChI=1S/C13H18FNO.C4H9N/c1-9(2)8-16-12-7-10(3-4-11(12)14)13(15)5-6-13;1-2-3-4-5/h3-4,7,9H,5-6,8,15H2,1-2H3;2H,1,3-5H2. The van der Waals surface area contributed by atoms with Crippen molar-refractivity contribution < 1.29 is 9.13 Å². The van der Waals surface area contributed by atoms with Crippen LogP contribution in [0.4, 0.5) is 4.39 Å². The van der Waals surface area contributed by atoms with E-state index in [4.69, 9.17) is 16.2 Å². The van der Waals surface area contributed by atoms with Crippen LogP contribution < -0.4 is 16.2 Å². The van der Waals surface area contributed by atoms with Crippen molar-refractivity contribution in [3.8, 4) is 5.75 Å². The third-order valence-corrected chi connectivity index (χ3v) is 3.24. The van der Waals surface area contributed by atoms with E-state index in [0.29, 0.717) is 18.3 Å². The van der Waals surface area contributed by atoms with E-state index in [0.717, 1.165) is 31.4 Å². The van der Waals surface area contributed by atoms with Gasteiger partial charge in [0.25, 0.3) is 0 Å². The molecule has 0 aliphatic heterocycles. The predicted molar refractivity (Wildman–Crippen MR) is 85.7 cm³/mol. The molecule has 0 radical (unpaired) electrons. The van der Waals surface area contributed by atoms with E-state index < -0.39 is 0 Å². The molecule has 0 heterocycles. The molecule has 1 aliphatic rings. The Labute approximate surface area is 127 Å². The second-order valence-corrected chi connectivity index (χ2v) is 5.87. The molecule has 1 fully saturated rings. The number of nitrogens with two attached hydrogens (primary N) is 2. The van der Waals surface area contributed by atoms with Crippen molar-refractivity contribution in [2.24, 2.45) is 17.4 Å². The fourth-order valence-electron chi connectivity index (χ4n) is 1.72. The number of rotatable bonds is 6. The Morgan fingerprint density at radius 2 is 2.10 bits per heavy atom. The van der Waals surface area contributed by atoms with Gasteiger partial charge in [0.05, 0.1) is 6.61 Å². The summed E-state index contributed by atoms with van der Waals surface area (Å²) in [5, 5.41) is 0. The molecule has 1 aromatic rings. The molecule has 0 atom stereocenters. The van der Waals surface area contributed by atoms with Gasteiger partial charge < -0.3 is 16.2 Å². The summed E-state index contributed by atoms with van der Waals surface area (Å²) in [7, 11) is 0. The summed E-state index contributed by atoms with van der Waals surface area (Å²) in [6, 6.07) is 4.94. The Hall–Kier alpha value is -1.39. The lowest BCUT2D eigenvalue weighted by Crippen LogP contribution is -2.19. The second kappa shape index (κ2) is 8.15. The monoisotopic (exact) mass is 294 g/mol. The first-order valence-electron chi connectivity index (χ1n) is 7.45. The van der Waals surface area contributed by atoms with Crippen LogP contribution in [0.5, 0.6) is 5.75 Å². The molecule has 0 aromatic heterocycles. The van der Waals surface area contributed by atoms with Crippen molar-refractivity contribution >= 4 is 0 Å². The molecule has 21 heavy (non-hydrogen) atoms. The van der Waals surface area contributed by atoms with Gasteiger partial charge in [-0.25, -0.2) is 4.39 Å². The van der Waals surface area contributed by atoms with Gasteiger partial charge in [-0.3, -0.25) is 0 Å². The molecule has 0 spiro atoms. The first-order valence-corrected chi connectivity index (χ1v) is 7.45. The molecule has 0 unspecified atom stereocenters. The van der Waals surface area contributed by atoms with Crippen LogP contribution in [0.1, 0.15) is 38.7 Å². The first kappa shape index (κ1) is 17.7. The average Bonchev–Trinajstić information content (AvgIpc) is 3.18. The molecular formula is C17H27FN2O. The van der Waals surface area contributed by atoms with Crippen LogP contribution in [-0.2, 0) is 5.54 Å². The van der Waals surface area contributed by atoms with Crippen LogP contribution in [-0.4, -0.2) is 13.2 Å². The van der Waals surface area contributed by atoms with E-state index in [9.17, 15) is 4.39 Å². The summed E-state index contributed by atoms with van der Waals surface area (Å²) in [6.45, 7) is 8.79. The number of benzene rings is 1. The molecular weight excluding hydrogens is 267 g/mol. The van der Waals surface area contributed by atoms with Crippen molar-refractivity contribution in [2.75, 3.05) is 13.2 Å². The number of hydrogen-bond acceptors (Lipinski definition) is 3. The molecule has 0 saturated heterocycles. The number of ether oxygens (including phenoxy) is 1. The molecule has 4 heteroatoms. The van der Waals surface area contributed by atoms with Crippen LogP contribution in [0, 0.1) is 11.7 Å². The van der Waals surface area contributed by atoms with Gasteiger partial charge >= 0.3 is 0 Å². The minimum atomic E-state index is -0.311. The Balaban J connectivity index is 0.000000383. The lowest BCUT2D eigenvalue weighted by atomic mass is 10.1. The minimum absolute atomic E-state index is 0.232. The maximum atomic E-state index is 13.5. The van der Waals surface area contributed by atoms with Crippen molar-refractivity contribution in [3.63, 3.8) is 0 Å². The Morgan fingerprint density at radius 1 is 1.43 bits per heavy atom. The van der Waals surface area contributed by atoms with E-state index >= 15 is 0 Å². The van der Waals surface area contributed by atoms with E-state index in [2.05, 4.69) is 6.58 Å². The third-order valence-electron chi connectivity index (χ3n) is 3.24. The highest BCUT2D eigenvalue weighted by atomic mass is 19.1. The van der Waals surface area contributed by atoms with E-state index in [1.54, 1.807) is 18.2 Å². The Kier molecular flexibility index (Phi) is 6.85. The molecule has 4 N–H and O–H groups in total. The third kappa shape index (κ3) is 5.86. The summed E-state index contributed by atoms with van der Waals surface area (Å²) in [5.41, 5.74) is 11.9. The highest BCUT2D eigenvalue weighted by molar-refractivity contribution is 5.37. The fourth-order valence-corrected chi connectivity index (χ4v) is 1.72. The zero-order valence-electron chi connectivity index (χ0n) is 13.1. The van der Waals surface area contributed by atoms with Gasteiger partial charge in [-0.05, 0) is 49.4 Å². The van der Waals surface area contributed by atoms with Crippen LogP contribution in [0.2, 0.25) is 0 Å². The molecule has 118 valence electrons. The lowest BCUT2D eigenvalue weighted by molar-refractivity contribution is 0.259. The zero-order chi connectivity index (χ0) is 15.9. The van der Waals surface area contributed by atoms with E-state index in [1.165, 1.54) is 6.07 Å². The van der Waals surface area contributed by atoms with Gasteiger partial charge in [-0.2, -0.15) is 0 Å². The van der Waals surface area contributed by atoms with Crippen LogP contribution in [0.3, 0.4) is 0 Å². The van der Waals surface area contributed by atoms with Crippen molar-refractivity contribution in [2.45, 2.75) is 38.6 Å². The highest BCUT2D eigenvalue weighted by Crippen LogP contribution is 2.43. The van der Waals surface area contributed by atoms with Crippen LogP contribution in [0.15, 0.2) is 30.9 Å². The zero-order valence-corrected chi connectivity index (χ0v) is 13.1. The molecule has 1 aliphatic carbocycles. The molecule has 0 bridgehead atoms. The van der Waals surface area contributed by atoms with Gasteiger partial charge in [-0.15, -0.1) is 6.58 Å². The summed E-state index contributed by atoms with van der Waals surface area (Å²) in [6.07, 6.45) is 4.69. The van der Waals surface area contributed by atoms with Crippen LogP contribution in [0.25, 0.3) is 0 Å². The average molecular weight is 294 g/mol. The highest BCUT2D eigenvalue weighted by Gasteiger charge is 2.40. The maximum Gasteiger partial charge on any atom is 0.165 e. The van der Waals surface area contributed by atoms with Crippen LogP contribution >= 0.6 is 0 Å². The summed E-state index contributed by atoms with van der Waals surface area (Å²) in [5.74, 6) is 0.396. The van der Waals surface area contributed by atoms with Crippen molar-refractivity contribution in [3.05, 3.63) is 42.2 Å². The van der Waals surface area contributed by atoms with Gasteiger partial charge in [0.2, 0.25) is 0 Å². The summed E-state index contributed by atoms with van der Waals surface area (Å²) < 4.78 is 18.9. The van der Waals surface area contributed by atoms with Gasteiger partial charge in [0.15, 0.2) is 11.6 Å². The lowest BCUT2D eigenvalue weighted by Gasteiger charge is -2.13. The van der Waals surface area contributed by atoms with Crippen molar-refractivity contribution in [1.29, 1.82) is 0 Å². The number of hydrogen-bond donors (Lipinski definition) is 2. The quantitative estimate of drug-likeness (QED) is 0.791. The van der Waals surface area contributed by atoms with E-state index in [-0.39, 0.29) is 11.4 Å². The van der Waals surface area contributed by atoms with Gasteiger partial charge in [-0.1, -0.05) is 26.0 Å². The first-order chi connectivity index (χ1) is 9.92. The van der Waals surface area contributed by atoms with Crippen molar-refractivity contribution in [1.82, 2.24) is 0 Å². The predicted octanol–water partition coefficient (Wildman–Crippen LogP) is 3.33. The second-order valence-electron chi connectivity index (χ2n) is 5.87. The summed E-state index contributed by atoms with van der Waals surface area (Å²) in [4.78, 5) is 0. The molecule has 2 rings (SSSR count). The largest absolute Gasteiger partial charge is 0.490 e. The SMILES string of the molecule is C=CCCN.CC(C)COc1cc(C2(N)CC2)ccc1F. The normalized spacial score (nSPS) is 15.1. The fraction of sp³-hybridized carbons (Fsp3) is 0.529. The maximum absolute atomic E-state index is 13.5. The minimum Gasteiger partial charge on any atom is -0.490 e. The summed E-state index contributed by atoms with van der Waals surface area (Å²) >= 11 is 0. The molecule has 1 aromatic carbocycles. The van der Waals surface area contributed by atoms with Gasteiger partial charge in [0.1, 0.15) is 0 Å². The smallest absolute Gasteiger partial charge is 0.165 e. The Morgan fingerprint density at radius 3 is 2.52 bits per heavy atom. The van der Waals surface area contributed by atoms with Gasteiger partial charge in [0, 0.05) is 5.54 Å².